The molecule has 2 heterocycles. The molecule has 0 amide bonds. The van der Waals surface area contributed by atoms with Crippen LogP contribution in [0.5, 0.6) is 5.75 Å². The van der Waals surface area contributed by atoms with Crippen LogP contribution in [-0.2, 0) is 6.54 Å². The molecule has 0 aromatic heterocycles. The summed E-state index contributed by atoms with van der Waals surface area (Å²) in [6.45, 7) is 8.33. The molecule has 2 aliphatic heterocycles. The lowest BCUT2D eigenvalue weighted by molar-refractivity contribution is 0.0684. The van der Waals surface area contributed by atoms with Gasteiger partial charge in [0.05, 0.1) is 0 Å². The monoisotopic (exact) mass is 395 g/mol. The molecule has 1 aromatic carbocycles. The molecule has 5 nitrogen and oxygen atoms in total. The number of hydrogen-bond acceptors (Lipinski definition) is 5. The first kappa shape index (κ1) is 20.9. The first-order valence-corrected chi connectivity index (χ1v) is 10.7. The van der Waals surface area contributed by atoms with E-state index in [2.05, 4.69) is 21.7 Å². The van der Waals surface area contributed by atoms with Crippen molar-refractivity contribution in [2.75, 3.05) is 59.5 Å². The molecule has 2 aliphatic rings. The second kappa shape index (κ2) is 10.6. The van der Waals surface area contributed by atoms with E-state index in [0.717, 1.165) is 62.1 Å². The van der Waals surface area contributed by atoms with Gasteiger partial charge in [0.15, 0.2) is 0 Å². The standard InChI is InChI=1S/C21H34ClN3O2/c1-23-10-12-25(13-11-23)15-18-14-19(22)6-7-21(18)27-17-20(26)16-24-8-4-2-3-5-9-24/h6-7,14,20,26H,2-5,8-13,15-17H2,1H3/t20-/m1/s1. The molecule has 0 spiro atoms. The van der Waals surface area contributed by atoms with Gasteiger partial charge in [-0.2, -0.15) is 0 Å². The lowest BCUT2D eigenvalue weighted by Crippen LogP contribution is -2.43. The zero-order valence-corrected chi connectivity index (χ0v) is 17.3. The number of aliphatic hydroxyl groups is 1. The summed E-state index contributed by atoms with van der Waals surface area (Å²) in [5.41, 5.74) is 1.11. The predicted molar refractivity (Wildman–Crippen MR) is 111 cm³/mol. The molecule has 6 heteroatoms. The van der Waals surface area contributed by atoms with Crippen LogP contribution < -0.4 is 4.74 Å². The van der Waals surface area contributed by atoms with Crippen LogP contribution in [0, 0.1) is 0 Å². The molecule has 1 atom stereocenters. The van der Waals surface area contributed by atoms with Crippen molar-refractivity contribution in [1.29, 1.82) is 0 Å². The molecule has 0 bridgehead atoms. The highest BCUT2D eigenvalue weighted by Crippen LogP contribution is 2.25. The lowest BCUT2D eigenvalue weighted by atomic mass is 10.1. The van der Waals surface area contributed by atoms with E-state index in [4.69, 9.17) is 16.3 Å². The minimum Gasteiger partial charge on any atom is -0.491 e. The number of β-amino-alcohol motifs (C(OH)–C–C–N with tert-alkyl or cyclic N) is 1. The van der Waals surface area contributed by atoms with Gasteiger partial charge in [0.25, 0.3) is 0 Å². The molecule has 0 unspecified atom stereocenters. The first-order valence-electron chi connectivity index (χ1n) is 10.3. The van der Waals surface area contributed by atoms with Crippen LogP contribution in [0.1, 0.15) is 31.2 Å². The van der Waals surface area contributed by atoms with Crippen molar-refractivity contribution in [3.63, 3.8) is 0 Å². The Bertz CT molecular complexity index is 571. The summed E-state index contributed by atoms with van der Waals surface area (Å²) in [6, 6.07) is 5.80. The van der Waals surface area contributed by atoms with Crippen molar-refractivity contribution in [2.45, 2.75) is 38.3 Å². The number of benzene rings is 1. The van der Waals surface area contributed by atoms with Gasteiger partial charge in [-0.3, -0.25) is 4.90 Å². The number of halogens is 1. The van der Waals surface area contributed by atoms with Crippen molar-refractivity contribution in [3.8, 4) is 5.75 Å². The smallest absolute Gasteiger partial charge is 0.124 e. The minimum absolute atomic E-state index is 0.327. The van der Waals surface area contributed by atoms with Crippen molar-refractivity contribution in [3.05, 3.63) is 28.8 Å². The van der Waals surface area contributed by atoms with Crippen molar-refractivity contribution < 1.29 is 9.84 Å². The van der Waals surface area contributed by atoms with E-state index in [1.165, 1.54) is 25.7 Å². The van der Waals surface area contributed by atoms with Crippen LogP contribution in [-0.4, -0.2) is 85.4 Å². The average Bonchev–Trinajstić information content (AvgIpc) is 2.91. The van der Waals surface area contributed by atoms with Gasteiger partial charge in [-0.15, -0.1) is 0 Å². The number of ether oxygens (including phenoxy) is 1. The molecular weight excluding hydrogens is 362 g/mol. The molecular formula is C21H34ClN3O2. The van der Waals surface area contributed by atoms with Crippen LogP contribution in [0.3, 0.4) is 0 Å². The maximum atomic E-state index is 10.4. The number of rotatable bonds is 7. The quantitative estimate of drug-likeness (QED) is 0.768. The van der Waals surface area contributed by atoms with E-state index >= 15 is 0 Å². The van der Waals surface area contributed by atoms with Crippen molar-refractivity contribution >= 4 is 11.6 Å². The van der Waals surface area contributed by atoms with E-state index in [1.807, 2.05) is 18.2 Å². The Kier molecular flexibility index (Phi) is 8.22. The van der Waals surface area contributed by atoms with Gasteiger partial charge in [0.2, 0.25) is 0 Å². The maximum Gasteiger partial charge on any atom is 0.124 e. The molecule has 1 N–H and O–H groups in total. The highest BCUT2D eigenvalue weighted by atomic mass is 35.5. The van der Waals surface area contributed by atoms with Gasteiger partial charge in [-0.25, -0.2) is 0 Å². The minimum atomic E-state index is -0.463. The zero-order chi connectivity index (χ0) is 19.1. The SMILES string of the molecule is CN1CCN(Cc2cc(Cl)ccc2OC[C@H](O)CN2CCCCCC2)CC1. The highest BCUT2D eigenvalue weighted by Gasteiger charge is 2.18. The van der Waals surface area contributed by atoms with E-state index < -0.39 is 6.10 Å². The van der Waals surface area contributed by atoms with E-state index in [9.17, 15) is 5.11 Å². The Labute approximate surface area is 168 Å². The largest absolute Gasteiger partial charge is 0.491 e. The summed E-state index contributed by atoms with van der Waals surface area (Å²) in [4.78, 5) is 7.16. The highest BCUT2D eigenvalue weighted by molar-refractivity contribution is 6.30. The topological polar surface area (TPSA) is 39.2 Å². The van der Waals surface area contributed by atoms with E-state index in [1.54, 1.807) is 0 Å². The van der Waals surface area contributed by atoms with Crippen molar-refractivity contribution in [1.82, 2.24) is 14.7 Å². The summed E-state index contributed by atoms with van der Waals surface area (Å²) in [6.07, 6.45) is 4.63. The molecule has 152 valence electrons. The molecule has 0 radical (unpaired) electrons. The maximum absolute atomic E-state index is 10.4. The number of likely N-dealkylation sites (N-methyl/N-ethyl adjacent to an activating group) is 1. The third-order valence-corrected chi connectivity index (χ3v) is 5.85. The predicted octanol–water partition coefficient (Wildman–Crippen LogP) is 2.70. The van der Waals surface area contributed by atoms with Crippen LogP contribution in [0.2, 0.25) is 5.02 Å². The second-order valence-electron chi connectivity index (χ2n) is 8.01. The van der Waals surface area contributed by atoms with E-state index in [0.29, 0.717) is 13.2 Å². The van der Waals surface area contributed by atoms with Gasteiger partial charge in [0.1, 0.15) is 18.5 Å². The van der Waals surface area contributed by atoms with Gasteiger partial charge in [-0.1, -0.05) is 24.4 Å². The average molecular weight is 396 g/mol. The fraction of sp³-hybridized carbons (Fsp3) is 0.714. The zero-order valence-electron chi connectivity index (χ0n) is 16.6. The van der Waals surface area contributed by atoms with Gasteiger partial charge in [0, 0.05) is 49.9 Å². The molecule has 1 aromatic rings. The molecule has 0 aliphatic carbocycles. The Hall–Kier alpha value is -0.850. The molecule has 2 fully saturated rings. The van der Waals surface area contributed by atoms with Crippen LogP contribution >= 0.6 is 11.6 Å². The number of piperazine rings is 1. The van der Waals surface area contributed by atoms with Crippen LogP contribution in [0.25, 0.3) is 0 Å². The lowest BCUT2D eigenvalue weighted by Gasteiger charge is -2.32. The Morgan fingerprint density at radius 2 is 1.70 bits per heavy atom. The fourth-order valence-corrected chi connectivity index (χ4v) is 4.11. The third-order valence-electron chi connectivity index (χ3n) is 5.61. The Balaban J connectivity index is 1.52. The Morgan fingerprint density at radius 3 is 2.41 bits per heavy atom. The van der Waals surface area contributed by atoms with Gasteiger partial charge >= 0.3 is 0 Å². The summed E-state index contributed by atoms with van der Waals surface area (Å²) in [7, 11) is 2.16. The number of hydrogen-bond donors (Lipinski definition) is 1. The summed E-state index contributed by atoms with van der Waals surface area (Å²) in [5.74, 6) is 0.841. The molecule has 27 heavy (non-hydrogen) atoms. The molecule has 2 saturated heterocycles. The van der Waals surface area contributed by atoms with Crippen LogP contribution in [0.15, 0.2) is 18.2 Å². The summed E-state index contributed by atoms with van der Waals surface area (Å²) < 4.78 is 6.02. The number of likely N-dealkylation sites (tertiary alicyclic amines) is 1. The van der Waals surface area contributed by atoms with Crippen LogP contribution in [0.4, 0.5) is 0 Å². The van der Waals surface area contributed by atoms with E-state index in [-0.39, 0.29) is 0 Å². The van der Waals surface area contributed by atoms with Gasteiger partial charge < -0.3 is 19.6 Å². The normalized spacial score (nSPS) is 21.7. The van der Waals surface area contributed by atoms with Gasteiger partial charge in [-0.05, 0) is 51.2 Å². The summed E-state index contributed by atoms with van der Waals surface area (Å²) >= 11 is 6.23. The second-order valence-corrected chi connectivity index (χ2v) is 8.45. The fourth-order valence-electron chi connectivity index (χ4n) is 3.91. The first-order chi connectivity index (χ1) is 13.1. The number of aliphatic hydroxyl groups excluding tert-OH is 1. The third kappa shape index (κ3) is 6.91. The summed E-state index contributed by atoms with van der Waals surface area (Å²) in [5, 5.41) is 11.2. The number of nitrogens with zero attached hydrogens (tertiary/aromatic N) is 3. The Morgan fingerprint density at radius 1 is 1.00 bits per heavy atom. The molecule has 0 saturated carbocycles. The molecule has 3 rings (SSSR count). The van der Waals surface area contributed by atoms with Crippen molar-refractivity contribution in [2.24, 2.45) is 0 Å².